The number of hydrogen-bond acceptors (Lipinski definition) is 5. The fourth-order valence-corrected chi connectivity index (χ4v) is 5.11. The zero-order valence-corrected chi connectivity index (χ0v) is 26.9. The van der Waals surface area contributed by atoms with Gasteiger partial charge in [-0.1, -0.05) is 124 Å². The van der Waals surface area contributed by atoms with Crippen molar-refractivity contribution in [3.05, 3.63) is 0 Å². The van der Waals surface area contributed by atoms with Crippen LogP contribution in [0.5, 0.6) is 0 Å². The Morgan fingerprint density at radius 2 is 1.05 bits per heavy atom. The summed E-state index contributed by atoms with van der Waals surface area (Å²) in [5, 5.41) is 0. The van der Waals surface area contributed by atoms with E-state index in [1.807, 2.05) is 0 Å². The molecule has 0 bridgehead atoms. The van der Waals surface area contributed by atoms with Gasteiger partial charge in [0.1, 0.15) is 12.7 Å². The molecule has 0 fully saturated rings. The maximum absolute atomic E-state index is 13.1. The van der Waals surface area contributed by atoms with E-state index in [0.29, 0.717) is 6.42 Å². The minimum absolute atomic E-state index is 0.0195. The Kier molecular flexibility index (Phi) is 27.6. The highest BCUT2D eigenvalue weighted by atomic mass is 16.6. The maximum atomic E-state index is 13.1. The minimum Gasteiger partial charge on any atom is -0.462 e. The van der Waals surface area contributed by atoms with Crippen molar-refractivity contribution in [2.45, 2.75) is 175 Å². The van der Waals surface area contributed by atoms with Crippen LogP contribution in [-0.2, 0) is 19.1 Å². The molecule has 5 heteroatoms. The molecule has 5 nitrogen and oxygen atoms in total. The van der Waals surface area contributed by atoms with Crippen LogP contribution in [0, 0.1) is 5.92 Å². The van der Waals surface area contributed by atoms with Crippen LogP contribution in [0.4, 0.5) is 0 Å². The number of ether oxygens (including phenoxy) is 2. The molecular weight excluding hydrogens is 486 g/mol. The summed E-state index contributed by atoms with van der Waals surface area (Å²) in [6.45, 7) is 7.89. The van der Waals surface area contributed by atoms with Gasteiger partial charge in [-0.05, 0) is 59.2 Å². The Bertz CT molecular complexity index is 551. The van der Waals surface area contributed by atoms with E-state index in [4.69, 9.17) is 9.47 Å². The molecule has 0 radical (unpaired) electrons. The largest absolute Gasteiger partial charge is 0.462 e. The van der Waals surface area contributed by atoms with E-state index in [-0.39, 0.29) is 30.6 Å². The molecule has 232 valence electrons. The number of carbonyl (C=O) groups is 2. The monoisotopic (exact) mass is 554 g/mol. The van der Waals surface area contributed by atoms with E-state index in [2.05, 4.69) is 39.8 Å². The lowest BCUT2D eigenvalue weighted by Gasteiger charge is -2.21. The fourth-order valence-electron chi connectivity index (χ4n) is 5.11. The highest BCUT2D eigenvalue weighted by molar-refractivity contribution is 5.72. The van der Waals surface area contributed by atoms with E-state index in [1.54, 1.807) is 0 Å². The van der Waals surface area contributed by atoms with E-state index in [0.717, 1.165) is 64.3 Å². The van der Waals surface area contributed by atoms with Crippen LogP contribution >= 0.6 is 0 Å². The summed E-state index contributed by atoms with van der Waals surface area (Å²) in [4.78, 5) is 27.8. The average molecular weight is 554 g/mol. The van der Waals surface area contributed by atoms with Gasteiger partial charge in [-0.3, -0.25) is 9.59 Å². The summed E-state index contributed by atoms with van der Waals surface area (Å²) in [5.74, 6) is -0.249. The summed E-state index contributed by atoms with van der Waals surface area (Å²) in [6.07, 6.45) is 25.2. The summed E-state index contributed by atoms with van der Waals surface area (Å²) in [6, 6.07) is 0. The van der Waals surface area contributed by atoms with Crippen LogP contribution in [-0.4, -0.2) is 50.2 Å². The van der Waals surface area contributed by atoms with E-state index >= 15 is 0 Å². The lowest BCUT2D eigenvalue weighted by Crippen LogP contribution is -2.28. The van der Waals surface area contributed by atoms with Gasteiger partial charge < -0.3 is 14.4 Å². The molecule has 0 amide bonds. The first-order valence-corrected chi connectivity index (χ1v) is 16.9. The van der Waals surface area contributed by atoms with Gasteiger partial charge in [0.15, 0.2) is 0 Å². The molecule has 0 aromatic heterocycles. The van der Waals surface area contributed by atoms with Crippen molar-refractivity contribution in [1.82, 2.24) is 4.90 Å². The molecule has 0 heterocycles. The number of nitrogens with zero attached hydrogens (tertiary/aromatic N) is 1. The highest BCUT2D eigenvalue weighted by Gasteiger charge is 2.22. The predicted octanol–water partition coefficient (Wildman–Crippen LogP) is 9.65. The number of hydrogen-bond donors (Lipinski definition) is 0. The van der Waals surface area contributed by atoms with Crippen molar-refractivity contribution in [3.63, 3.8) is 0 Å². The molecule has 0 aliphatic carbocycles. The van der Waals surface area contributed by atoms with Crippen molar-refractivity contribution >= 4 is 11.9 Å². The molecule has 0 spiro atoms. The van der Waals surface area contributed by atoms with Crippen LogP contribution in [0.15, 0.2) is 0 Å². The standard InChI is InChI=1S/C34H67NO4/c1-6-9-12-15-17-19-22-27-32(39-33(36)28-23-24-29-35(4)5)30-38-34(37)31(25-20-14-11-8-3)26-21-18-16-13-10-7-2/h31-32H,6-30H2,1-5H3. The van der Waals surface area contributed by atoms with Gasteiger partial charge in [-0.25, -0.2) is 0 Å². The van der Waals surface area contributed by atoms with E-state index < -0.39 is 0 Å². The smallest absolute Gasteiger partial charge is 0.309 e. The van der Waals surface area contributed by atoms with Gasteiger partial charge in [-0.2, -0.15) is 0 Å². The van der Waals surface area contributed by atoms with Crippen LogP contribution in [0.1, 0.15) is 168 Å². The first-order valence-electron chi connectivity index (χ1n) is 16.9. The molecule has 0 saturated heterocycles. The first kappa shape index (κ1) is 37.9. The second-order valence-corrected chi connectivity index (χ2v) is 12.0. The molecule has 0 N–H and O–H groups in total. The van der Waals surface area contributed by atoms with Gasteiger partial charge in [0.05, 0.1) is 5.92 Å². The Hall–Kier alpha value is -1.10. The van der Waals surface area contributed by atoms with Crippen molar-refractivity contribution in [1.29, 1.82) is 0 Å². The second-order valence-electron chi connectivity index (χ2n) is 12.0. The summed E-state index contributed by atoms with van der Waals surface area (Å²) < 4.78 is 11.7. The number of carbonyl (C=O) groups excluding carboxylic acids is 2. The number of esters is 2. The van der Waals surface area contributed by atoms with Gasteiger partial charge in [0, 0.05) is 6.42 Å². The van der Waals surface area contributed by atoms with Crippen LogP contribution in [0.3, 0.4) is 0 Å². The number of unbranched alkanes of at least 4 members (excludes halogenated alkanes) is 15. The van der Waals surface area contributed by atoms with Crippen LogP contribution in [0.25, 0.3) is 0 Å². The fraction of sp³-hybridized carbons (Fsp3) is 0.941. The zero-order valence-electron chi connectivity index (χ0n) is 26.9. The Labute approximate surface area is 243 Å². The van der Waals surface area contributed by atoms with Crippen molar-refractivity contribution in [2.24, 2.45) is 5.92 Å². The molecular formula is C34H67NO4. The van der Waals surface area contributed by atoms with Crippen LogP contribution in [0.2, 0.25) is 0 Å². The van der Waals surface area contributed by atoms with Crippen molar-refractivity contribution < 1.29 is 19.1 Å². The van der Waals surface area contributed by atoms with E-state index in [1.165, 1.54) is 83.5 Å². The quantitative estimate of drug-likeness (QED) is 0.0681. The topological polar surface area (TPSA) is 55.8 Å². The Balaban J connectivity index is 4.79. The van der Waals surface area contributed by atoms with Gasteiger partial charge >= 0.3 is 11.9 Å². The second kappa shape index (κ2) is 28.4. The van der Waals surface area contributed by atoms with Gasteiger partial charge in [0.2, 0.25) is 0 Å². The minimum atomic E-state index is -0.319. The first-order chi connectivity index (χ1) is 18.9. The lowest BCUT2D eigenvalue weighted by molar-refractivity contribution is -0.162. The van der Waals surface area contributed by atoms with Crippen molar-refractivity contribution in [2.75, 3.05) is 27.2 Å². The third kappa shape index (κ3) is 25.6. The summed E-state index contributed by atoms with van der Waals surface area (Å²) >= 11 is 0. The molecule has 0 rings (SSSR count). The Morgan fingerprint density at radius 3 is 1.56 bits per heavy atom. The van der Waals surface area contributed by atoms with Gasteiger partial charge in [0.25, 0.3) is 0 Å². The molecule has 0 aromatic rings. The molecule has 0 aliphatic rings. The van der Waals surface area contributed by atoms with Crippen molar-refractivity contribution in [3.8, 4) is 0 Å². The summed E-state index contributed by atoms with van der Waals surface area (Å²) in [5.41, 5.74) is 0. The third-order valence-corrected chi connectivity index (χ3v) is 7.72. The number of rotatable bonds is 29. The maximum Gasteiger partial charge on any atom is 0.309 e. The molecule has 39 heavy (non-hydrogen) atoms. The molecule has 0 saturated carbocycles. The van der Waals surface area contributed by atoms with Crippen LogP contribution < -0.4 is 0 Å². The highest BCUT2D eigenvalue weighted by Crippen LogP contribution is 2.21. The molecule has 2 atom stereocenters. The van der Waals surface area contributed by atoms with Gasteiger partial charge in [-0.15, -0.1) is 0 Å². The SMILES string of the molecule is CCCCCCCCCC(COC(=O)C(CCCCCC)CCCCCCCC)OC(=O)CCCCN(C)C. The lowest BCUT2D eigenvalue weighted by atomic mass is 9.94. The average Bonchev–Trinajstić information content (AvgIpc) is 2.91. The molecule has 0 aliphatic heterocycles. The predicted molar refractivity (Wildman–Crippen MR) is 166 cm³/mol. The molecule has 2 unspecified atom stereocenters. The van der Waals surface area contributed by atoms with E-state index in [9.17, 15) is 9.59 Å². The zero-order chi connectivity index (χ0) is 29.0. The normalized spacial score (nSPS) is 13.0. The third-order valence-electron chi connectivity index (χ3n) is 7.72. The summed E-state index contributed by atoms with van der Waals surface area (Å²) in [7, 11) is 4.10. The Morgan fingerprint density at radius 1 is 0.590 bits per heavy atom. The molecule has 0 aromatic carbocycles.